The van der Waals surface area contributed by atoms with Gasteiger partial charge in [-0.1, -0.05) is 6.07 Å². The number of rotatable bonds is 1. The molecule has 2 aliphatic heterocycles. The van der Waals surface area contributed by atoms with Gasteiger partial charge in [0, 0.05) is 31.6 Å². The molecule has 0 aromatic heterocycles. The third-order valence-corrected chi connectivity index (χ3v) is 5.03. The first-order valence-corrected chi connectivity index (χ1v) is 8.69. The van der Waals surface area contributed by atoms with E-state index in [1.54, 1.807) is 7.11 Å². The van der Waals surface area contributed by atoms with Crippen molar-refractivity contribution < 1.29 is 14.3 Å². The molecule has 24 heavy (non-hydrogen) atoms. The SMILES string of the molecule is COc1ccc2c(c1)CNCC21CCN(C(=O)OC(C)(C)C)CC1. The van der Waals surface area contributed by atoms with Gasteiger partial charge in [0.15, 0.2) is 0 Å². The summed E-state index contributed by atoms with van der Waals surface area (Å²) >= 11 is 0. The number of benzene rings is 1. The number of carbonyl (C=O) groups excluding carboxylic acids is 1. The number of ether oxygens (including phenoxy) is 2. The first kappa shape index (κ1) is 17.1. The molecule has 1 N–H and O–H groups in total. The van der Waals surface area contributed by atoms with Crippen LogP contribution in [0, 0.1) is 0 Å². The molecule has 2 aliphatic rings. The molecule has 2 heterocycles. The van der Waals surface area contributed by atoms with Gasteiger partial charge < -0.3 is 19.7 Å². The smallest absolute Gasteiger partial charge is 0.410 e. The molecule has 1 aromatic rings. The van der Waals surface area contributed by atoms with Crippen molar-refractivity contribution in [3.63, 3.8) is 0 Å². The molecule has 1 fully saturated rings. The summed E-state index contributed by atoms with van der Waals surface area (Å²) in [6, 6.07) is 6.38. The van der Waals surface area contributed by atoms with Crippen LogP contribution < -0.4 is 10.1 Å². The summed E-state index contributed by atoms with van der Waals surface area (Å²) in [5.74, 6) is 0.902. The summed E-state index contributed by atoms with van der Waals surface area (Å²) in [6.45, 7) is 9.05. The standard InChI is InChI=1S/C19H28N2O3/c1-18(2,3)24-17(22)21-9-7-19(8-10-21)13-20-12-14-11-15(23-4)5-6-16(14)19/h5-6,11,20H,7-10,12-13H2,1-4H3. The highest BCUT2D eigenvalue weighted by molar-refractivity contribution is 5.68. The van der Waals surface area contributed by atoms with Crippen molar-refractivity contribution in [3.05, 3.63) is 29.3 Å². The van der Waals surface area contributed by atoms with Crippen molar-refractivity contribution in [2.75, 3.05) is 26.7 Å². The van der Waals surface area contributed by atoms with Crippen molar-refractivity contribution >= 4 is 6.09 Å². The van der Waals surface area contributed by atoms with Gasteiger partial charge in [0.05, 0.1) is 7.11 Å². The number of nitrogens with one attached hydrogen (secondary N) is 1. The molecular formula is C19H28N2O3. The molecule has 132 valence electrons. The van der Waals surface area contributed by atoms with E-state index in [0.717, 1.165) is 44.8 Å². The predicted molar refractivity (Wildman–Crippen MR) is 93.4 cm³/mol. The van der Waals surface area contributed by atoms with E-state index in [2.05, 4.69) is 17.4 Å². The Hall–Kier alpha value is -1.75. The average Bonchev–Trinajstić information content (AvgIpc) is 2.54. The molecule has 5 nitrogen and oxygen atoms in total. The number of likely N-dealkylation sites (tertiary alicyclic amines) is 1. The van der Waals surface area contributed by atoms with E-state index in [0.29, 0.717) is 0 Å². The number of hydrogen-bond donors (Lipinski definition) is 1. The van der Waals surface area contributed by atoms with E-state index < -0.39 is 5.60 Å². The number of nitrogens with zero attached hydrogens (tertiary/aromatic N) is 1. The van der Waals surface area contributed by atoms with Crippen molar-refractivity contribution in [1.29, 1.82) is 0 Å². The van der Waals surface area contributed by atoms with E-state index in [9.17, 15) is 4.79 Å². The fourth-order valence-electron chi connectivity index (χ4n) is 3.78. The zero-order chi connectivity index (χ0) is 17.4. The van der Waals surface area contributed by atoms with E-state index in [4.69, 9.17) is 9.47 Å². The minimum absolute atomic E-state index is 0.109. The Bertz CT molecular complexity index is 614. The lowest BCUT2D eigenvalue weighted by Gasteiger charge is -2.45. The van der Waals surface area contributed by atoms with Crippen LogP contribution in [0.3, 0.4) is 0 Å². The Labute approximate surface area is 144 Å². The lowest BCUT2D eigenvalue weighted by atomic mass is 9.69. The van der Waals surface area contributed by atoms with Crippen LogP contribution in [-0.2, 0) is 16.7 Å². The van der Waals surface area contributed by atoms with Crippen LogP contribution in [0.1, 0.15) is 44.7 Å². The Morgan fingerprint density at radius 1 is 1.25 bits per heavy atom. The number of amides is 1. The van der Waals surface area contributed by atoms with Gasteiger partial charge in [-0.3, -0.25) is 0 Å². The summed E-state index contributed by atoms with van der Waals surface area (Å²) in [5, 5.41) is 3.54. The number of methoxy groups -OCH3 is 1. The van der Waals surface area contributed by atoms with Crippen LogP contribution in [0.2, 0.25) is 0 Å². The lowest BCUT2D eigenvalue weighted by molar-refractivity contribution is 0.0159. The Morgan fingerprint density at radius 2 is 1.96 bits per heavy atom. The van der Waals surface area contributed by atoms with Crippen molar-refractivity contribution in [2.24, 2.45) is 0 Å². The molecule has 0 aliphatic carbocycles. The van der Waals surface area contributed by atoms with Gasteiger partial charge in [-0.2, -0.15) is 0 Å². The molecule has 1 saturated heterocycles. The first-order chi connectivity index (χ1) is 11.3. The topological polar surface area (TPSA) is 50.8 Å². The third kappa shape index (κ3) is 3.36. The maximum absolute atomic E-state index is 12.3. The molecule has 1 aromatic carbocycles. The quantitative estimate of drug-likeness (QED) is 0.859. The molecule has 0 saturated carbocycles. The molecule has 5 heteroatoms. The summed E-state index contributed by atoms with van der Waals surface area (Å²) in [4.78, 5) is 14.1. The lowest BCUT2D eigenvalue weighted by Crippen LogP contribution is -2.52. The van der Waals surface area contributed by atoms with Crippen molar-refractivity contribution in [3.8, 4) is 5.75 Å². The van der Waals surface area contributed by atoms with Crippen LogP contribution >= 0.6 is 0 Å². The molecular weight excluding hydrogens is 304 g/mol. The van der Waals surface area contributed by atoms with E-state index in [-0.39, 0.29) is 11.5 Å². The molecule has 0 unspecified atom stereocenters. The normalized spacial score (nSPS) is 19.8. The highest BCUT2D eigenvalue weighted by atomic mass is 16.6. The van der Waals surface area contributed by atoms with Crippen LogP contribution in [-0.4, -0.2) is 43.3 Å². The minimum Gasteiger partial charge on any atom is -0.497 e. The summed E-state index contributed by atoms with van der Waals surface area (Å²) in [6.07, 6.45) is 1.72. The molecule has 1 spiro atoms. The van der Waals surface area contributed by atoms with Crippen molar-refractivity contribution in [2.45, 2.75) is 51.2 Å². The fourth-order valence-corrected chi connectivity index (χ4v) is 3.78. The van der Waals surface area contributed by atoms with E-state index in [1.807, 2.05) is 31.7 Å². The Morgan fingerprint density at radius 3 is 2.58 bits per heavy atom. The van der Waals surface area contributed by atoms with E-state index in [1.165, 1.54) is 11.1 Å². The zero-order valence-electron chi connectivity index (χ0n) is 15.1. The monoisotopic (exact) mass is 332 g/mol. The molecule has 3 rings (SSSR count). The minimum atomic E-state index is -0.443. The maximum atomic E-state index is 12.3. The predicted octanol–water partition coefficient (Wildman–Crippen LogP) is 3.07. The number of fused-ring (bicyclic) bond motifs is 2. The number of hydrogen-bond acceptors (Lipinski definition) is 4. The fraction of sp³-hybridized carbons (Fsp3) is 0.632. The summed E-state index contributed by atoms with van der Waals surface area (Å²) < 4.78 is 10.9. The van der Waals surface area contributed by atoms with Crippen molar-refractivity contribution in [1.82, 2.24) is 10.2 Å². The molecule has 0 radical (unpaired) electrons. The molecule has 0 atom stereocenters. The second kappa shape index (κ2) is 6.28. The van der Waals surface area contributed by atoms with Gasteiger partial charge in [-0.15, -0.1) is 0 Å². The van der Waals surface area contributed by atoms with Gasteiger partial charge >= 0.3 is 6.09 Å². The van der Waals surface area contributed by atoms with Crippen LogP contribution in [0.5, 0.6) is 5.75 Å². The van der Waals surface area contributed by atoms with Crippen LogP contribution in [0.25, 0.3) is 0 Å². The second-order valence-electron chi connectivity index (χ2n) is 7.87. The average molecular weight is 332 g/mol. The third-order valence-electron chi connectivity index (χ3n) is 5.03. The highest BCUT2D eigenvalue weighted by Crippen LogP contribution is 2.40. The van der Waals surface area contributed by atoms with Gasteiger partial charge in [0.25, 0.3) is 0 Å². The summed E-state index contributed by atoms with van der Waals surface area (Å²) in [7, 11) is 1.70. The zero-order valence-corrected chi connectivity index (χ0v) is 15.1. The highest BCUT2D eigenvalue weighted by Gasteiger charge is 2.41. The van der Waals surface area contributed by atoms with E-state index >= 15 is 0 Å². The maximum Gasteiger partial charge on any atom is 0.410 e. The Kier molecular flexibility index (Phi) is 4.47. The van der Waals surface area contributed by atoms with Crippen LogP contribution in [0.4, 0.5) is 4.79 Å². The first-order valence-electron chi connectivity index (χ1n) is 8.69. The van der Waals surface area contributed by atoms with Gasteiger partial charge in [-0.25, -0.2) is 4.79 Å². The molecule has 0 bridgehead atoms. The molecule has 1 amide bonds. The van der Waals surface area contributed by atoms with Gasteiger partial charge in [-0.05, 0) is 56.9 Å². The number of carbonyl (C=O) groups is 1. The Balaban J connectivity index is 1.74. The van der Waals surface area contributed by atoms with Crippen LogP contribution in [0.15, 0.2) is 18.2 Å². The largest absolute Gasteiger partial charge is 0.497 e. The number of piperidine rings is 1. The summed E-state index contributed by atoms with van der Waals surface area (Å²) in [5.41, 5.74) is 2.39. The van der Waals surface area contributed by atoms with Gasteiger partial charge in [0.2, 0.25) is 0 Å². The van der Waals surface area contributed by atoms with Gasteiger partial charge in [0.1, 0.15) is 11.4 Å². The second-order valence-corrected chi connectivity index (χ2v) is 7.87.